The fourth-order valence-electron chi connectivity index (χ4n) is 2.69. The monoisotopic (exact) mass is 804 g/mol. The van der Waals surface area contributed by atoms with Crippen LogP contribution in [0.5, 0.6) is 0 Å². The van der Waals surface area contributed by atoms with E-state index < -0.39 is 95.7 Å². The molecule has 0 aliphatic carbocycles. The van der Waals surface area contributed by atoms with E-state index in [9.17, 15) is 132 Å². The highest BCUT2D eigenvalue weighted by Crippen LogP contribution is 2.68. The molecule has 0 bridgehead atoms. The molecule has 31 heteroatoms. The third kappa shape index (κ3) is 5.64. The summed E-state index contributed by atoms with van der Waals surface area (Å²) in [6.07, 6.45) is -8.62. The summed E-state index contributed by atoms with van der Waals surface area (Å²) in [4.78, 5) is 10.6. The fraction of sp³-hybridized carbons (Fsp3) is 0.833. The van der Waals surface area contributed by atoms with Crippen LogP contribution in [0.15, 0.2) is 12.7 Å². The van der Waals surface area contributed by atoms with Crippen LogP contribution in [0.25, 0.3) is 0 Å². The number of esters is 1. The van der Waals surface area contributed by atoms with Crippen molar-refractivity contribution in [1.29, 1.82) is 0 Å². The van der Waals surface area contributed by atoms with Gasteiger partial charge >= 0.3 is 89.1 Å². The second kappa shape index (κ2) is 11.6. The zero-order valence-electron chi connectivity index (χ0n) is 21.3. The van der Waals surface area contributed by atoms with Crippen LogP contribution in [0.2, 0.25) is 0 Å². The predicted molar refractivity (Wildman–Crippen MR) is 91.5 cm³/mol. The molecule has 0 aliphatic heterocycles. The van der Waals surface area contributed by atoms with Crippen LogP contribution < -0.4 is 0 Å². The summed E-state index contributed by atoms with van der Waals surface area (Å²) in [6, 6.07) is 0. The molecule has 0 rings (SSSR count). The van der Waals surface area contributed by atoms with Gasteiger partial charge in [0, 0.05) is 6.08 Å². The summed E-state index contributed by atoms with van der Waals surface area (Å²) in [6.45, 7) is -1.34. The normalized spacial score (nSPS) is 16.5. The van der Waals surface area contributed by atoms with E-state index in [2.05, 4.69) is 11.3 Å². The molecule has 0 spiro atoms. The topological polar surface area (TPSA) is 26.3 Å². The number of ether oxygens (including phenoxy) is 1. The van der Waals surface area contributed by atoms with E-state index in [0.717, 1.165) is 0 Å². The summed E-state index contributed by atoms with van der Waals surface area (Å²) in [5.41, 5.74) is 0. The van der Waals surface area contributed by atoms with Crippen molar-refractivity contribution < 1.29 is 137 Å². The van der Waals surface area contributed by atoms with E-state index in [1.807, 2.05) is 0 Å². The average molecular weight is 804 g/mol. The van der Waals surface area contributed by atoms with Crippen molar-refractivity contribution in [3.8, 4) is 0 Å². The summed E-state index contributed by atoms with van der Waals surface area (Å²) < 4.78 is 391. The lowest BCUT2D eigenvalue weighted by Gasteiger charge is -2.46. The fourth-order valence-corrected chi connectivity index (χ4v) is 2.69. The SMILES string of the molecule is C=CC(=O)OCC(F)(F)C(F)(F)C(F)(F)C(F)(F)C(F)(F)C(F)(F)C(F)(F)C(F)(F)C(F)(F)C(F)(F)C(F)(F)C(F)(F)C(F)(F)C(F)(F)F. The van der Waals surface area contributed by atoms with Crippen molar-refractivity contribution in [2.45, 2.75) is 83.2 Å². The van der Waals surface area contributed by atoms with Gasteiger partial charge in [0.25, 0.3) is 0 Å². The lowest BCUT2D eigenvalue weighted by Crippen LogP contribution is -2.79. The molecule has 49 heavy (non-hydrogen) atoms. The van der Waals surface area contributed by atoms with E-state index in [4.69, 9.17) is 0 Å². The molecule has 0 saturated heterocycles. The van der Waals surface area contributed by atoms with E-state index in [-0.39, 0.29) is 6.08 Å². The van der Waals surface area contributed by atoms with Crippen LogP contribution >= 0.6 is 0 Å². The van der Waals surface area contributed by atoms with Crippen molar-refractivity contribution in [3.63, 3.8) is 0 Å². The highest BCUT2D eigenvalue weighted by Gasteiger charge is 3.00. The Bertz CT molecular complexity index is 1240. The summed E-state index contributed by atoms with van der Waals surface area (Å²) in [5.74, 6) is -124. The molecule has 0 radical (unpaired) electrons. The molecule has 0 N–H and O–H groups in total. The first-order valence-corrected chi connectivity index (χ1v) is 10.5. The number of carbonyl (C=O) groups excluding carboxylic acids is 1. The predicted octanol–water partition coefficient (Wildman–Crippen LogP) is 9.54. The lowest BCUT2D eigenvalue weighted by molar-refractivity contribution is -0.487. The van der Waals surface area contributed by atoms with E-state index in [0.29, 0.717) is 0 Å². The van der Waals surface area contributed by atoms with Gasteiger partial charge in [-0.1, -0.05) is 6.58 Å². The molecule has 0 aliphatic rings. The second-order valence-electron chi connectivity index (χ2n) is 8.91. The minimum Gasteiger partial charge on any atom is -0.456 e. The van der Waals surface area contributed by atoms with Gasteiger partial charge in [0.15, 0.2) is 6.61 Å². The van der Waals surface area contributed by atoms with Gasteiger partial charge in [-0.3, -0.25) is 0 Å². The molecule has 0 atom stereocenters. The maximum atomic E-state index is 13.8. The molecular formula is C18H5F29O2. The molecule has 2 nitrogen and oxygen atoms in total. The second-order valence-corrected chi connectivity index (χ2v) is 8.91. The van der Waals surface area contributed by atoms with Crippen molar-refractivity contribution in [3.05, 3.63) is 12.7 Å². The van der Waals surface area contributed by atoms with Gasteiger partial charge in [0.05, 0.1) is 0 Å². The van der Waals surface area contributed by atoms with E-state index in [1.54, 1.807) is 0 Å². The number of carbonyl (C=O) groups is 1. The highest BCUT2D eigenvalue weighted by atomic mass is 19.4. The van der Waals surface area contributed by atoms with E-state index in [1.165, 1.54) is 0 Å². The maximum Gasteiger partial charge on any atom is 0.460 e. The van der Waals surface area contributed by atoms with E-state index >= 15 is 0 Å². The van der Waals surface area contributed by atoms with Gasteiger partial charge in [0.1, 0.15) is 0 Å². The molecular weight excluding hydrogens is 799 g/mol. The average Bonchev–Trinajstić information content (AvgIpc) is 2.89. The van der Waals surface area contributed by atoms with Crippen molar-refractivity contribution in [2.75, 3.05) is 6.61 Å². The minimum absolute atomic E-state index is 0.309. The van der Waals surface area contributed by atoms with Gasteiger partial charge in [-0.25, -0.2) is 4.79 Å². The van der Waals surface area contributed by atoms with Gasteiger partial charge in [-0.05, 0) is 0 Å². The van der Waals surface area contributed by atoms with Crippen LogP contribution in [0.1, 0.15) is 0 Å². The first-order valence-electron chi connectivity index (χ1n) is 10.5. The first-order chi connectivity index (χ1) is 20.7. The van der Waals surface area contributed by atoms with Crippen LogP contribution in [0, 0.1) is 0 Å². The van der Waals surface area contributed by atoms with Gasteiger partial charge < -0.3 is 4.74 Å². The zero-order valence-corrected chi connectivity index (χ0v) is 21.3. The molecule has 0 unspecified atom stereocenters. The third-order valence-corrected chi connectivity index (χ3v) is 5.72. The Morgan fingerprint density at radius 2 is 0.551 bits per heavy atom. The number of hydrogen-bond acceptors (Lipinski definition) is 2. The van der Waals surface area contributed by atoms with Crippen LogP contribution in [0.3, 0.4) is 0 Å². The Hall–Kier alpha value is -2.82. The molecule has 0 aromatic rings. The van der Waals surface area contributed by atoms with Crippen molar-refractivity contribution in [2.24, 2.45) is 0 Å². The number of rotatable bonds is 15. The molecule has 0 fully saturated rings. The molecule has 0 heterocycles. The Morgan fingerprint density at radius 3 is 0.735 bits per heavy atom. The van der Waals surface area contributed by atoms with Crippen LogP contribution in [-0.4, -0.2) is 95.7 Å². The lowest BCUT2D eigenvalue weighted by atomic mass is 9.83. The smallest absolute Gasteiger partial charge is 0.456 e. The van der Waals surface area contributed by atoms with Crippen LogP contribution in [0.4, 0.5) is 127 Å². The molecule has 0 aromatic heterocycles. The number of alkyl halides is 29. The Morgan fingerprint density at radius 1 is 0.367 bits per heavy atom. The maximum absolute atomic E-state index is 13.8. The standard InChI is InChI=1S/C18H5F29O2/c1-2-4(48)49-3-5(19,20)6(21,22)7(23,24)8(25,26)9(27,28)10(29,30)11(31,32)12(33,34)13(35,36)14(37,38)15(39,40)16(41,42)17(43,44)18(45,46)47/h2H,1,3H2. The van der Waals surface area contributed by atoms with Gasteiger partial charge in [-0.15, -0.1) is 0 Å². The first kappa shape index (κ1) is 46.2. The molecule has 292 valence electrons. The van der Waals surface area contributed by atoms with Gasteiger partial charge in [-0.2, -0.15) is 127 Å². The van der Waals surface area contributed by atoms with Crippen molar-refractivity contribution >= 4 is 5.97 Å². The number of hydrogen-bond donors (Lipinski definition) is 0. The Kier molecular flexibility index (Phi) is 10.9. The number of halogens is 29. The highest BCUT2D eigenvalue weighted by molar-refractivity contribution is 5.81. The van der Waals surface area contributed by atoms with Gasteiger partial charge in [0.2, 0.25) is 0 Å². The minimum atomic E-state index is -9.97. The van der Waals surface area contributed by atoms with Crippen molar-refractivity contribution in [1.82, 2.24) is 0 Å². The Balaban J connectivity index is 7.48. The molecule has 0 saturated carbocycles. The molecule has 0 amide bonds. The zero-order chi connectivity index (χ0) is 40.7. The summed E-state index contributed by atoms with van der Waals surface area (Å²) in [5, 5.41) is 0. The third-order valence-electron chi connectivity index (χ3n) is 5.72. The summed E-state index contributed by atoms with van der Waals surface area (Å²) in [7, 11) is 0. The molecule has 0 aromatic carbocycles. The van der Waals surface area contributed by atoms with Crippen LogP contribution in [-0.2, 0) is 9.53 Å². The summed E-state index contributed by atoms with van der Waals surface area (Å²) >= 11 is 0. The Labute approximate surface area is 246 Å². The largest absolute Gasteiger partial charge is 0.460 e. The quantitative estimate of drug-likeness (QED) is 0.0938.